The van der Waals surface area contributed by atoms with Gasteiger partial charge in [-0.05, 0) is 31.0 Å². The monoisotopic (exact) mass is 284 g/mol. The van der Waals surface area contributed by atoms with E-state index in [0.29, 0.717) is 25.9 Å². The summed E-state index contributed by atoms with van der Waals surface area (Å²) >= 11 is 0. The predicted molar refractivity (Wildman–Crippen MR) is 74.3 cm³/mol. The van der Waals surface area contributed by atoms with Crippen molar-refractivity contribution >= 4 is 15.9 Å². The summed E-state index contributed by atoms with van der Waals surface area (Å²) in [4.78, 5) is 11.6. The van der Waals surface area contributed by atoms with Crippen LogP contribution in [0.2, 0.25) is 0 Å². The predicted octanol–water partition coefficient (Wildman–Crippen LogP) is 1.05. The van der Waals surface area contributed by atoms with Gasteiger partial charge in [0.15, 0.2) is 0 Å². The van der Waals surface area contributed by atoms with Gasteiger partial charge < -0.3 is 5.32 Å². The van der Waals surface area contributed by atoms with Crippen molar-refractivity contribution in [3.8, 4) is 0 Å². The molecule has 6 heteroatoms. The number of carbonyl (C=O) groups excluding carboxylic acids is 1. The average Bonchev–Trinajstić information content (AvgIpc) is 2.37. The maximum Gasteiger partial charge on any atom is 0.240 e. The smallest absolute Gasteiger partial charge is 0.240 e. The maximum atomic E-state index is 11.7. The van der Waals surface area contributed by atoms with Gasteiger partial charge in [-0.3, -0.25) is 4.79 Å². The third-order valence-corrected chi connectivity index (χ3v) is 4.14. The Kier molecular flexibility index (Phi) is 5.98. The highest BCUT2D eigenvalue weighted by molar-refractivity contribution is 7.89. The standard InChI is InChI=1S/C13H20N2O3S/c1-3-14-13(16)10-7-11-5-8-12(9-6-11)19(17,18)15-4-2/h5-6,8-9,15H,3-4,7,10H2,1-2H3,(H,14,16). The molecule has 19 heavy (non-hydrogen) atoms. The maximum absolute atomic E-state index is 11.7. The molecule has 106 valence electrons. The normalized spacial score (nSPS) is 11.3. The van der Waals surface area contributed by atoms with E-state index in [2.05, 4.69) is 10.0 Å². The van der Waals surface area contributed by atoms with Crippen LogP contribution in [0.3, 0.4) is 0 Å². The van der Waals surface area contributed by atoms with Crippen LogP contribution >= 0.6 is 0 Å². The van der Waals surface area contributed by atoms with Gasteiger partial charge in [-0.15, -0.1) is 0 Å². The van der Waals surface area contributed by atoms with Gasteiger partial charge in [-0.1, -0.05) is 19.1 Å². The molecule has 0 aliphatic heterocycles. The Bertz CT molecular complexity index is 509. The van der Waals surface area contributed by atoms with Crippen LogP contribution in [0.4, 0.5) is 0 Å². The van der Waals surface area contributed by atoms with Crippen molar-refractivity contribution in [1.29, 1.82) is 0 Å². The molecule has 0 bridgehead atoms. The molecule has 0 atom stereocenters. The van der Waals surface area contributed by atoms with Gasteiger partial charge in [0.25, 0.3) is 0 Å². The van der Waals surface area contributed by atoms with Gasteiger partial charge in [-0.25, -0.2) is 13.1 Å². The molecule has 2 N–H and O–H groups in total. The Labute approximate surface area is 114 Å². The average molecular weight is 284 g/mol. The summed E-state index contributed by atoms with van der Waals surface area (Å²) in [7, 11) is -3.40. The number of benzene rings is 1. The van der Waals surface area contributed by atoms with Gasteiger partial charge in [0, 0.05) is 19.5 Å². The molecule has 1 aromatic carbocycles. The molecule has 0 spiro atoms. The topological polar surface area (TPSA) is 75.3 Å². The number of carbonyl (C=O) groups is 1. The first kappa shape index (κ1) is 15.7. The Morgan fingerprint density at radius 1 is 1.11 bits per heavy atom. The molecule has 0 saturated heterocycles. The summed E-state index contributed by atoms with van der Waals surface area (Å²) in [5, 5.41) is 2.72. The van der Waals surface area contributed by atoms with Crippen molar-refractivity contribution in [1.82, 2.24) is 10.0 Å². The van der Waals surface area contributed by atoms with E-state index < -0.39 is 10.0 Å². The first-order valence-corrected chi connectivity index (χ1v) is 7.83. The highest BCUT2D eigenvalue weighted by atomic mass is 32.2. The fraction of sp³-hybridized carbons (Fsp3) is 0.462. The Morgan fingerprint density at radius 3 is 2.26 bits per heavy atom. The number of nitrogens with one attached hydrogen (secondary N) is 2. The minimum atomic E-state index is -3.40. The first-order chi connectivity index (χ1) is 8.99. The van der Waals surface area contributed by atoms with Crippen LogP contribution in [0.15, 0.2) is 29.2 Å². The summed E-state index contributed by atoms with van der Waals surface area (Å²) < 4.78 is 25.9. The molecule has 5 nitrogen and oxygen atoms in total. The Balaban J connectivity index is 2.64. The van der Waals surface area contributed by atoms with E-state index in [9.17, 15) is 13.2 Å². The van der Waals surface area contributed by atoms with E-state index in [1.807, 2.05) is 6.92 Å². The van der Waals surface area contributed by atoms with Crippen molar-refractivity contribution in [2.24, 2.45) is 0 Å². The van der Waals surface area contributed by atoms with Crippen LogP contribution in [0.1, 0.15) is 25.8 Å². The zero-order valence-corrected chi connectivity index (χ0v) is 12.1. The van der Waals surface area contributed by atoms with Crippen molar-refractivity contribution in [3.63, 3.8) is 0 Å². The van der Waals surface area contributed by atoms with Crippen molar-refractivity contribution < 1.29 is 13.2 Å². The molecule has 0 heterocycles. The SMILES string of the molecule is CCNC(=O)CCc1ccc(S(=O)(=O)NCC)cc1. The molecule has 1 aromatic rings. The lowest BCUT2D eigenvalue weighted by Crippen LogP contribution is -2.23. The second-order valence-corrected chi connectivity index (χ2v) is 5.87. The fourth-order valence-corrected chi connectivity index (χ4v) is 2.69. The van der Waals surface area contributed by atoms with E-state index in [1.165, 1.54) is 0 Å². The van der Waals surface area contributed by atoms with E-state index in [-0.39, 0.29) is 10.8 Å². The summed E-state index contributed by atoms with van der Waals surface area (Å²) in [5.74, 6) is 0.00634. The molecule has 0 unspecified atom stereocenters. The fourth-order valence-electron chi connectivity index (χ4n) is 1.65. The molecule has 0 aliphatic carbocycles. The summed E-state index contributed by atoms with van der Waals surface area (Å²) in [6, 6.07) is 6.60. The quantitative estimate of drug-likeness (QED) is 0.786. The molecule has 1 rings (SSSR count). The number of sulfonamides is 1. The van der Waals surface area contributed by atoms with E-state index in [1.54, 1.807) is 31.2 Å². The largest absolute Gasteiger partial charge is 0.356 e. The highest BCUT2D eigenvalue weighted by Gasteiger charge is 2.11. The van der Waals surface area contributed by atoms with Crippen LogP contribution in [0.25, 0.3) is 0 Å². The minimum Gasteiger partial charge on any atom is -0.356 e. The van der Waals surface area contributed by atoms with Crippen LogP contribution in [-0.2, 0) is 21.2 Å². The van der Waals surface area contributed by atoms with Crippen LogP contribution in [-0.4, -0.2) is 27.4 Å². The molecule has 0 saturated carbocycles. The van der Waals surface area contributed by atoms with Crippen molar-refractivity contribution in [3.05, 3.63) is 29.8 Å². The molecular weight excluding hydrogens is 264 g/mol. The number of rotatable bonds is 7. The lowest BCUT2D eigenvalue weighted by atomic mass is 10.1. The molecule has 0 radical (unpaired) electrons. The van der Waals surface area contributed by atoms with Crippen LogP contribution in [0, 0.1) is 0 Å². The van der Waals surface area contributed by atoms with E-state index in [0.717, 1.165) is 5.56 Å². The van der Waals surface area contributed by atoms with Gasteiger partial charge in [0.05, 0.1) is 4.90 Å². The van der Waals surface area contributed by atoms with Gasteiger partial charge in [0.2, 0.25) is 15.9 Å². The zero-order chi connectivity index (χ0) is 14.3. The van der Waals surface area contributed by atoms with E-state index in [4.69, 9.17) is 0 Å². The number of hydrogen-bond acceptors (Lipinski definition) is 3. The molecular formula is C13H20N2O3S. The third-order valence-electron chi connectivity index (χ3n) is 2.58. The Hall–Kier alpha value is -1.40. The number of aryl methyl sites for hydroxylation is 1. The molecule has 0 aromatic heterocycles. The summed E-state index contributed by atoms with van der Waals surface area (Å²) in [6.45, 7) is 4.59. The summed E-state index contributed by atoms with van der Waals surface area (Å²) in [6.07, 6.45) is 1.01. The lowest BCUT2D eigenvalue weighted by molar-refractivity contribution is -0.120. The zero-order valence-electron chi connectivity index (χ0n) is 11.3. The molecule has 0 fully saturated rings. The first-order valence-electron chi connectivity index (χ1n) is 6.35. The van der Waals surface area contributed by atoms with Gasteiger partial charge >= 0.3 is 0 Å². The van der Waals surface area contributed by atoms with Crippen molar-refractivity contribution in [2.75, 3.05) is 13.1 Å². The minimum absolute atomic E-state index is 0.00634. The second-order valence-electron chi connectivity index (χ2n) is 4.10. The lowest BCUT2D eigenvalue weighted by Gasteiger charge is -2.06. The number of amides is 1. The van der Waals surface area contributed by atoms with Crippen molar-refractivity contribution in [2.45, 2.75) is 31.6 Å². The number of hydrogen-bond donors (Lipinski definition) is 2. The van der Waals surface area contributed by atoms with E-state index >= 15 is 0 Å². The summed E-state index contributed by atoms with van der Waals surface area (Å²) in [5.41, 5.74) is 0.946. The van der Waals surface area contributed by atoms with Gasteiger partial charge in [-0.2, -0.15) is 0 Å². The highest BCUT2D eigenvalue weighted by Crippen LogP contribution is 2.11. The van der Waals surface area contributed by atoms with Crippen LogP contribution in [0.5, 0.6) is 0 Å². The molecule has 1 amide bonds. The van der Waals surface area contributed by atoms with Gasteiger partial charge in [0.1, 0.15) is 0 Å². The molecule has 0 aliphatic rings. The second kappa shape index (κ2) is 7.25. The third kappa shape index (κ3) is 5.00. The Morgan fingerprint density at radius 2 is 1.74 bits per heavy atom. The van der Waals surface area contributed by atoms with Crippen LogP contribution < -0.4 is 10.0 Å².